The van der Waals surface area contributed by atoms with Gasteiger partial charge in [0.25, 0.3) is 8.32 Å². The highest BCUT2D eigenvalue weighted by Crippen LogP contribution is 2.43. The maximum atomic E-state index is 12.3. The minimum absolute atomic E-state index is 0.0110. The first-order chi connectivity index (χ1) is 18.8. The lowest BCUT2D eigenvalue weighted by atomic mass is 9.92. The highest BCUT2D eigenvalue weighted by molar-refractivity contribution is 6.99. The molecule has 0 saturated carbocycles. The largest absolute Gasteiger partial charge is 0.411 e. The molecule has 4 atom stereocenters. The van der Waals surface area contributed by atoms with Crippen molar-refractivity contribution in [2.24, 2.45) is 5.92 Å². The lowest BCUT2D eigenvalue weighted by Crippen LogP contribution is -2.67. The third-order valence-corrected chi connectivity index (χ3v) is 18.3. The first-order valence-electron chi connectivity index (χ1n) is 15.1. The molecule has 41 heavy (non-hydrogen) atoms. The van der Waals surface area contributed by atoms with E-state index in [1.807, 2.05) is 13.8 Å². The standard InChI is InChI=1S/C34H54O5Si2/c1-25(23-26(2)35)30(39-40(11,12)32(3,4)5)31-29(37-34(9,10)38-31)24-36-41(33(6,7)8,27-19-15-13-16-20-27)28-21-17-14-18-22-28/h13-22,25,29-31H,23-24H2,1-12H3/t25-,29-,30+,31-/m0/s1. The van der Waals surface area contributed by atoms with Crippen LogP contribution in [0.2, 0.25) is 23.2 Å². The monoisotopic (exact) mass is 598 g/mol. The fourth-order valence-electron chi connectivity index (χ4n) is 5.83. The van der Waals surface area contributed by atoms with E-state index in [-0.39, 0.29) is 40.1 Å². The van der Waals surface area contributed by atoms with Gasteiger partial charge in [0.15, 0.2) is 14.1 Å². The Labute approximate surface area is 251 Å². The van der Waals surface area contributed by atoms with E-state index in [1.54, 1.807) is 6.92 Å². The molecule has 0 amide bonds. The number of ketones is 1. The second-order valence-electron chi connectivity index (χ2n) is 14.8. The van der Waals surface area contributed by atoms with Crippen molar-refractivity contribution >= 4 is 32.8 Å². The molecular weight excluding hydrogens is 545 g/mol. The number of hydrogen-bond donors (Lipinski definition) is 0. The van der Waals surface area contributed by atoms with Crippen LogP contribution < -0.4 is 10.4 Å². The summed E-state index contributed by atoms with van der Waals surface area (Å²) in [4.78, 5) is 12.3. The molecule has 0 bridgehead atoms. The molecule has 3 rings (SSSR count). The fourth-order valence-corrected chi connectivity index (χ4v) is 11.8. The third kappa shape index (κ3) is 7.67. The van der Waals surface area contributed by atoms with Crippen molar-refractivity contribution in [3.05, 3.63) is 60.7 Å². The Morgan fingerprint density at radius 1 is 0.878 bits per heavy atom. The van der Waals surface area contributed by atoms with Crippen molar-refractivity contribution < 1.29 is 23.1 Å². The molecule has 0 radical (unpaired) electrons. The number of Topliss-reactive ketones (excluding diaryl/α,β-unsaturated/α-hetero) is 1. The Hall–Kier alpha value is -1.62. The van der Waals surface area contributed by atoms with Gasteiger partial charge < -0.3 is 23.1 Å². The molecule has 2 aromatic carbocycles. The minimum atomic E-state index is -2.78. The summed E-state index contributed by atoms with van der Waals surface area (Å²) in [7, 11) is -4.98. The molecule has 0 aromatic heterocycles. The SMILES string of the molecule is CC(=O)C[C@H](C)[C@@H](O[Si](C)(C)C(C)(C)C)[C@H]1OC(C)(C)O[C@H]1CO[Si](c1ccccc1)(c1ccccc1)C(C)(C)C. The van der Waals surface area contributed by atoms with Crippen LogP contribution in [0.4, 0.5) is 0 Å². The molecule has 0 spiro atoms. The van der Waals surface area contributed by atoms with Gasteiger partial charge in [0.05, 0.1) is 12.7 Å². The molecule has 1 heterocycles. The van der Waals surface area contributed by atoms with Gasteiger partial charge in [0, 0.05) is 6.42 Å². The van der Waals surface area contributed by atoms with Crippen molar-refractivity contribution in [2.45, 2.75) is 123 Å². The fraction of sp³-hybridized carbons (Fsp3) is 0.618. The summed E-state index contributed by atoms with van der Waals surface area (Å²) in [5.41, 5.74) is 0. The normalized spacial score (nSPS) is 21.5. The maximum absolute atomic E-state index is 12.3. The number of hydrogen-bond acceptors (Lipinski definition) is 5. The van der Waals surface area contributed by atoms with Gasteiger partial charge >= 0.3 is 0 Å². The van der Waals surface area contributed by atoms with Crippen LogP contribution in [0.5, 0.6) is 0 Å². The molecule has 1 aliphatic heterocycles. The molecule has 0 unspecified atom stereocenters. The minimum Gasteiger partial charge on any atom is -0.411 e. The first kappa shape index (κ1) is 33.9. The predicted molar refractivity (Wildman–Crippen MR) is 174 cm³/mol. The summed E-state index contributed by atoms with van der Waals surface area (Å²) >= 11 is 0. The smallest absolute Gasteiger partial charge is 0.261 e. The van der Waals surface area contributed by atoms with Crippen LogP contribution in [0.15, 0.2) is 60.7 Å². The van der Waals surface area contributed by atoms with E-state index in [9.17, 15) is 4.79 Å². The molecular formula is C34H54O5Si2. The lowest BCUT2D eigenvalue weighted by molar-refractivity contribution is -0.158. The van der Waals surface area contributed by atoms with Gasteiger partial charge in [0.2, 0.25) is 0 Å². The molecule has 1 saturated heterocycles. The first-order valence-corrected chi connectivity index (χ1v) is 19.9. The highest BCUT2D eigenvalue weighted by Gasteiger charge is 2.54. The molecule has 0 N–H and O–H groups in total. The molecule has 1 fully saturated rings. The summed E-state index contributed by atoms with van der Waals surface area (Å²) in [6.07, 6.45) is -0.584. The third-order valence-electron chi connectivity index (χ3n) is 8.83. The van der Waals surface area contributed by atoms with E-state index in [0.717, 1.165) is 0 Å². The van der Waals surface area contributed by atoms with Gasteiger partial charge in [-0.2, -0.15) is 0 Å². The van der Waals surface area contributed by atoms with Crippen molar-refractivity contribution in [1.29, 1.82) is 0 Å². The van der Waals surface area contributed by atoms with Crippen LogP contribution in [0.3, 0.4) is 0 Å². The topological polar surface area (TPSA) is 54.0 Å². The Morgan fingerprint density at radius 2 is 1.37 bits per heavy atom. The summed E-state index contributed by atoms with van der Waals surface area (Å²) < 4.78 is 27.6. The summed E-state index contributed by atoms with van der Waals surface area (Å²) in [6, 6.07) is 21.3. The number of benzene rings is 2. The second kappa shape index (κ2) is 12.5. The molecule has 7 heteroatoms. The van der Waals surface area contributed by atoms with Crippen LogP contribution in [0.25, 0.3) is 0 Å². The lowest BCUT2D eigenvalue weighted by Gasteiger charge is -2.45. The Morgan fingerprint density at radius 3 is 1.78 bits per heavy atom. The quantitative estimate of drug-likeness (QED) is 0.259. The van der Waals surface area contributed by atoms with Crippen LogP contribution in [0.1, 0.15) is 75.7 Å². The van der Waals surface area contributed by atoms with Crippen LogP contribution >= 0.6 is 0 Å². The van der Waals surface area contributed by atoms with E-state index in [2.05, 4.69) is 122 Å². The maximum Gasteiger partial charge on any atom is 0.261 e. The van der Waals surface area contributed by atoms with Crippen molar-refractivity contribution in [2.75, 3.05) is 6.61 Å². The van der Waals surface area contributed by atoms with Crippen molar-refractivity contribution in [1.82, 2.24) is 0 Å². The molecule has 0 aliphatic carbocycles. The molecule has 1 aliphatic rings. The Balaban J connectivity index is 2.07. The second-order valence-corrected chi connectivity index (χ2v) is 23.9. The number of ether oxygens (including phenoxy) is 2. The zero-order valence-electron chi connectivity index (χ0n) is 27.5. The summed E-state index contributed by atoms with van der Waals surface area (Å²) in [5, 5.41) is 2.32. The van der Waals surface area contributed by atoms with E-state index in [4.69, 9.17) is 18.3 Å². The van der Waals surface area contributed by atoms with Crippen LogP contribution in [-0.2, 0) is 23.1 Å². The Kier molecular flexibility index (Phi) is 10.4. The van der Waals surface area contributed by atoms with Crippen molar-refractivity contribution in [3.8, 4) is 0 Å². The molecule has 2 aromatic rings. The zero-order valence-corrected chi connectivity index (χ0v) is 29.5. The van der Waals surface area contributed by atoms with E-state index < -0.39 is 22.4 Å². The molecule has 5 nitrogen and oxygen atoms in total. The van der Waals surface area contributed by atoms with Gasteiger partial charge in [-0.15, -0.1) is 0 Å². The molecule has 228 valence electrons. The van der Waals surface area contributed by atoms with E-state index >= 15 is 0 Å². The highest BCUT2D eigenvalue weighted by atomic mass is 28.4. The average Bonchev–Trinajstić information content (AvgIpc) is 3.16. The predicted octanol–water partition coefficient (Wildman–Crippen LogP) is 7.09. The van der Waals surface area contributed by atoms with Crippen LogP contribution in [-0.4, -0.2) is 53.1 Å². The number of rotatable bonds is 11. The van der Waals surface area contributed by atoms with E-state index in [1.165, 1.54) is 10.4 Å². The van der Waals surface area contributed by atoms with Crippen LogP contribution in [0, 0.1) is 5.92 Å². The number of carbonyl (C=O) groups excluding carboxylic acids is 1. The summed E-state index contributed by atoms with van der Waals surface area (Å²) in [6.45, 7) is 26.1. The van der Waals surface area contributed by atoms with Crippen molar-refractivity contribution in [3.63, 3.8) is 0 Å². The van der Waals surface area contributed by atoms with Gasteiger partial charge in [-0.25, -0.2) is 0 Å². The average molecular weight is 599 g/mol. The van der Waals surface area contributed by atoms with E-state index in [0.29, 0.717) is 13.0 Å². The Bertz CT molecular complexity index is 1100. The van der Waals surface area contributed by atoms with Gasteiger partial charge in [-0.05, 0) is 60.2 Å². The summed E-state index contributed by atoms with van der Waals surface area (Å²) in [5.74, 6) is -0.672. The van der Waals surface area contributed by atoms with Gasteiger partial charge in [-0.3, -0.25) is 0 Å². The van der Waals surface area contributed by atoms with Gasteiger partial charge in [0.1, 0.15) is 18.0 Å². The van der Waals surface area contributed by atoms with Gasteiger partial charge in [-0.1, -0.05) is 109 Å². The zero-order chi connectivity index (χ0) is 30.9. The number of carbonyl (C=O) groups is 1.